The summed E-state index contributed by atoms with van der Waals surface area (Å²) in [5.41, 5.74) is -0.508. The summed E-state index contributed by atoms with van der Waals surface area (Å²) >= 11 is 0. The summed E-state index contributed by atoms with van der Waals surface area (Å²) in [6.45, 7) is 11.1. The maximum atomic E-state index is 9.36. The lowest BCUT2D eigenvalue weighted by molar-refractivity contribution is 0.0186. The second-order valence-electron chi connectivity index (χ2n) is 16.7. The van der Waals surface area contributed by atoms with Gasteiger partial charge in [-0.1, -0.05) is 148 Å². The van der Waals surface area contributed by atoms with Crippen molar-refractivity contribution in [2.45, 2.75) is 173 Å². The standard InChI is InChI=1S/3C12H24O2.C10H18O4/c3*13-10-12(11-14)8-6-4-2-1-3-5-7-9-12;1-3-11-5-7-13-9-10-14-8-6-12-4-2/h3*13-14H,1-11H2;3-4H,1-2,5-10H2. The van der Waals surface area contributed by atoms with E-state index in [1.165, 1.54) is 147 Å². The Morgan fingerprint density at radius 2 is 0.482 bits per heavy atom. The predicted molar refractivity (Wildman–Crippen MR) is 228 cm³/mol. The van der Waals surface area contributed by atoms with Crippen LogP contribution >= 0.6 is 0 Å². The molecule has 10 nitrogen and oxygen atoms in total. The Hall–Kier alpha value is -1.24. The van der Waals surface area contributed by atoms with E-state index in [1.54, 1.807) is 0 Å². The molecular formula is C46H90O10. The maximum absolute atomic E-state index is 9.36. The summed E-state index contributed by atoms with van der Waals surface area (Å²) < 4.78 is 20.1. The zero-order chi connectivity index (χ0) is 41.3. The highest BCUT2D eigenvalue weighted by Gasteiger charge is 2.29. The number of hydrogen-bond acceptors (Lipinski definition) is 10. The fourth-order valence-corrected chi connectivity index (χ4v) is 7.83. The molecule has 3 saturated carbocycles. The van der Waals surface area contributed by atoms with Crippen LogP contribution in [0.1, 0.15) is 173 Å². The number of aliphatic hydroxyl groups is 6. The lowest BCUT2D eigenvalue weighted by atomic mass is 9.78. The molecule has 3 rings (SSSR count). The van der Waals surface area contributed by atoms with Crippen molar-refractivity contribution in [2.75, 3.05) is 79.3 Å². The first-order chi connectivity index (χ1) is 27.4. The largest absolute Gasteiger partial charge is 0.499 e. The molecule has 0 spiro atoms. The average Bonchev–Trinajstić information content (AvgIpc) is 3.25. The molecule has 0 atom stereocenters. The van der Waals surface area contributed by atoms with Gasteiger partial charge in [0.05, 0.1) is 78.6 Å². The van der Waals surface area contributed by atoms with E-state index in [0.29, 0.717) is 39.6 Å². The highest BCUT2D eigenvalue weighted by Crippen LogP contribution is 2.34. The summed E-state index contributed by atoms with van der Waals surface area (Å²) in [6.07, 6.45) is 35.4. The Kier molecular flexibility index (Phi) is 38.4. The van der Waals surface area contributed by atoms with Crippen LogP contribution < -0.4 is 0 Å². The van der Waals surface area contributed by atoms with E-state index < -0.39 is 0 Å². The van der Waals surface area contributed by atoms with E-state index in [-0.39, 0.29) is 55.9 Å². The Morgan fingerprint density at radius 1 is 0.304 bits per heavy atom. The van der Waals surface area contributed by atoms with Gasteiger partial charge in [-0.25, -0.2) is 0 Å². The monoisotopic (exact) mass is 803 g/mol. The average molecular weight is 803 g/mol. The van der Waals surface area contributed by atoms with Crippen molar-refractivity contribution < 1.29 is 49.6 Å². The maximum Gasteiger partial charge on any atom is 0.111 e. The highest BCUT2D eigenvalue weighted by molar-refractivity contribution is 4.80. The Morgan fingerprint density at radius 3 is 0.661 bits per heavy atom. The third-order valence-corrected chi connectivity index (χ3v) is 12.1. The first-order valence-corrected chi connectivity index (χ1v) is 22.7. The molecule has 0 unspecified atom stereocenters. The number of ether oxygens (including phenoxy) is 4. The molecule has 56 heavy (non-hydrogen) atoms. The van der Waals surface area contributed by atoms with Crippen LogP contribution in [0.2, 0.25) is 0 Å². The van der Waals surface area contributed by atoms with E-state index in [4.69, 9.17) is 18.9 Å². The Labute approximate surface area is 343 Å². The van der Waals surface area contributed by atoms with Crippen molar-refractivity contribution in [1.29, 1.82) is 0 Å². The summed E-state index contributed by atoms with van der Waals surface area (Å²) in [4.78, 5) is 0. The molecule has 0 aliphatic heterocycles. The molecule has 0 aromatic carbocycles. The van der Waals surface area contributed by atoms with Crippen LogP contribution in [-0.4, -0.2) is 110 Å². The molecule has 0 aromatic heterocycles. The molecule has 0 aromatic rings. The molecule has 0 heterocycles. The van der Waals surface area contributed by atoms with Gasteiger partial charge in [0.1, 0.15) is 13.2 Å². The summed E-state index contributed by atoms with van der Waals surface area (Å²) in [7, 11) is 0. The van der Waals surface area contributed by atoms with Gasteiger partial charge in [0.15, 0.2) is 0 Å². The molecule has 0 radical (unpaired) electrons. The van der Waals surface area contributed by atoms with Gasteiger partial charge in [0.2, 0.25) is 0 Å². The molecular weight excluding hydrogens is 712 g/mol. The normalized spacial score (nSPS) is 20.7. The van der Waals surface area contributed by atoms with Gasteiger partial charge in [0.25, 0.3) is 0 Å². The second kappa shape index (κ2) is 39.2. The van der Waals surface area contributed by atoms with Crippen LogP contribution in [0, 0.1) is 16.2 Å². The molecule has 0 amide bonds. The molecule has 3 aliphatic carbocycles. The van der Waals surface area contributed by atoms with E-state index in [1.807, 2.05) is 0 Å². The van der Waals surface area contributed by atoms with Crippen molar-refractivity contribution >= 4 is 0 Å². The van der Waals surface area contributed by atoms with Crippen LogP contribution in [-0.2, 0) is 18.9 Å². The van der Waals surface area contributed by atoms with Crippen LogP contribution in [0.3, 0.4) is 0 Å². The Balaban J connectivity index is 0.000000720. The molecule has 0 bridgehead atoms. The second-order valence-corrected chi connectivity index (χ2v) is 16.7. The van der Waals surface area contributed by atoms with Gasteiger partial charge in [0, 0.05) is 16.2 Å². The quantitative estimate of drug-likeness (QED) is 0.0621. The number of rotatable bonds is 17. The van der Waals surface area contributed by atoms with Crippen LogP contribution in [0.25, 0.3) is 0 Å². The van der Waals surface area contributed by atoms with Crippen molar-refractivity contribution in [3.63, 3.8) is 0 Å². The summed E-state index contributed by atoms with van der Waals surface area (Å²) in [6, 6.07) is 0. The van der Waals surface area contributed by atoms with E-state index in [2.05, 4.69) is 13.2 Å². The zero-order valence-corrected chi connectivity index (χ0v) is 36.0. The predicted octanol–water partition coefficient (Wildman–Crippen LogP) is 8.79. The molecule has 6 N–H and O–H groups in total. The van der Waals surface area contributed by atoms with E-state index in [9.17, 15) is 30.6 Å². The number of aliphatic hydroxyl groups excluding tert-OH is 6. The molecule has 3 aliphatic rings. The first kappa shape index (κ1) is 54.8. The lowest BCUT2D eigenvalue weighted by Crippen LogP contribution is -2.30. The minimum Gasteiger partial charge on any atom is -0.499 e. The minimum atomic E-state index is -0.169. The topological polar surface area (TPSA) is 158 Å². The first-order valence-electron chi connectivity index (χ1n) is 22.7. The molecule has 0 saturated heterocycles. The lowest BCUT2D eigenvalue weighted by Gasteiger charge is -2.30. The molecule has 10 heteroatoms. The highest BCUT2D eigenvalue weighted by atomic mass is 16.6. The van der Waals surface area contributed by atoms with Crippen molar-refractivity contribution in [3.8, 4) is 0 Å². The molecule has 3 fully saturated rings. The van der Waals surface area contributed by atoms with Crippen LogP contribution in [0.5, 0.6) is 0 Å². The van der Waals surface area contributed by atoms with Crippen molar-refractivity contribution in [1.82, 2.24) is 0 Å². The number of hydrogen-bond donors (Lipinski definition) is 6. The van der Waals surface area contributed by atoms with E-state index in [0.717, 1.165) is 38.5 Å². The zero-order valence-electron chi connectivity index (χ0n) is 36.0. The SMILES string of the molecule is C=COCCOCCOCCOC=C.OCC1(CO)CCCCCCCCC1.OCC1(CO)CCCCCCCCC1.OCC1(CO)CCCCCCCCC1. The van der Waals surface area contributed by atoms with Gasteiger partial charge in [-0.15, -0.1) is 0 Å². The minimum absolute atomic E-state index is 0.156. The van der Waals surface area contributed by atoms with E-state index >= 15 is 0 Å². The van der Waals surface area contributed by atoms with Crippen molar-refractivity contribution in [2.24, 2.45) is 16.2 Å². The third-order valence-electron chi connectivity index (χ3n) is 12.1. The fraction of sp³-hybridized carbons (Fsp3) is 0.913. The van der Waals surface area contributed by atoms with Crippen molar-refractivity contribution in [3.05, 3.63) is 25.7 Å². The van der Waals surface area contributed by atoms with Crippen LogP contribution in [0.4, 0.5) is 0 Å². The third kappa shape index (κ3) is 29.0. The summed E-state index contributed by atoms with van der Waals surface area (Å²) in [5, 5.41) is 56.2. The van der Waals surface area contributed by atoms with Gasteiger partial charge in [-0.05, 0) is 38.5 Å². The van der Waals surface area contributed by atoms with Gasteiger partial charge >= 0.3 is 0 Å². The molecule has 334 valence electrons. The van der Waals surface area contributed by atoms with Gasteiger partial charge in [-0.2, -0.15) is 0 Å². The summed E-state index contributed by atoms with van der Waals surface area (Å²) in [5.74, 6) is 0. The van der Waals surface area contributed by atoms with Crippen LogP contribution in [0.15, 0.2) is 25.7 Å². The fourth-order valence-electron chi connectivity index (χ4n) is 7.83. The van der Waals surface area contributed by atoms with Gasteiger partial charge in [-0.3, -0.25) is 0 Å². The Bertz CT molecular complexity index is 696. The van der Waals surface area contributed by atoms with Gasteiger partial charge < -0.3 is 49.6 Å². The smallest absolute Gasteiger partial charge is 0.111 e.